The number of aliphatic carboxylic acids is 1. The predicted molar refractivity (Wildman–Crippen MR) is 39.1 cm³/mol. The zero-order chi connectivity index (χ0) is 8.43. The monoisotopic (exact) mass is 171 g/mol. The van der Waals surface area contributed by atoms with Crippen LogP contribution in [0.3, 0.4) is 0 Å². The number of carboxylic acids is 1. The lowest BCUT2D eigenvalue weighted by Crippen LogP contribution is -2.14. The standard InChI is InChI=1S/C5H5N3O2S/c1-2-7-4(8-11-2)3(6)5(9)10/h6H,1H3,(H,9,10). The SMILES string of the molecule is Cc1nc(C(=N)C(=O)O)ns1. The smallest absolute Gasteiger partial charge is 0.357 e. The van der Waals surface area contributed by atoms with Gasteiger partial charge in [0, 0.05) is 0 Å². The van der Waals surface area contributed by atoms with Gasteiger partial charge >= 0.3 is 5.97 Å². The van der Waals surface area contributed by atoms with E-state index in [4.69, 9.17) is 10.5 Å². The molecular weight excluding hydrogens is 166 g/mol. The van der Waals surface area contributed by atoms with Crippen LogP contribution in [-0.4, -0.2) is 26.1 Å². The van der Waals surface area contributed by atoms with E-state index in [1.807, 2.05) is 0 Å². The second kappa shape index (κ2) is 2.75. The van der Waals surface area contributed by atoms with Crippen LogP contribution in [0.5, 0.6) is 0 Å². The number of aromatic nitrogens is 2. The molecule has 0 aliphatic rings. The van der Waals surface area contributed by atoms with Crippen molar-refractivity contribution in [1.82, 2.24) is 9.36 Å². The largest absolute Gasteiger partial charge is 0.476 e. The van der Waals surface area contributed by atoms with Crippen LogP contribution in [0.25, 0.3) is 0 Å². The van der Waals surface area contributed by atoms with Crippen LogP contribution in [0.1, 0.15) is 10.8 Å². The van der Waals surface area contributed by atoms with Gasteiger partial charge in [0.1, 0.15) is 5.01 Å². The number of carboxylic acid groups (broad SMARTS) is 1. The number of carbonyl (C=O) groups is 1. The molecule has 11 heavy (non-hydrogen) atoms. The Labute approximate surface area is 66.4 Å². The third-order valence-electron chi connectivity index (χ3n) is 0.965. The summed E-state index contributed by atoms with van der Waals surface area (Å²) in [6, 6.07) is 0. The Kier molecular flexibility index (Phi) is 1.95. The first-order valence-electron chi connectivity index (χ1n) is 2.74. The highest BCUT2D eigenvalue weighted by Crippen LogP contribution is 2.02. The lowest BCUT2D eigenvalue weighted by molar-refractivity contribution is -0.129. The number of nitrogens with one attached hydrogen (secondary N) is 1. The molecule has 0 radical (unpaired) electrons. The normalized spacial score (nSPS) is 9.55. The van der Waals surface area contributed by atoms with E-state index in [2.05, 4.69) is 9.36 Å². The molecule has 0 fully saturated rings. The van der Waals surface area contributed by atoms with Crippen molar-refractivity contribution in [3.63, 3.8) is 0 Å². The van der Waals surface area contributed by atoms with Gasteiger partial charge in [-0.05, 0) is 18.5 Å². The first kappa shape index (κ1) is 7.80. The van der Waals surface area contributed by atoms with Crippen molar-refractivity contribution in [3.8, 4) is 0 Å². The Hall–Kier alpha value is -1.30. The van der Waals surface area contributed by atoms with E-state index >= 15 is 0 Å². The van der Waals surface area contributed by atoms with E-state index in [9.17, 15) is 4.79 Å². The van der Waals surface area contributed by atoms with Gasteiger partial charge in [0.05, 0.1) is 0 Å². The van der Waals surface area contributed by atoms with Crippen LogP contribution in [0, 0.1) is 12.3 Å². The minimum atomic E-state index is -1.30. The molecule has 5 nitrogen and oxygen atoms in total. The Balaban J connectivity index is 2.94. The molecule has 1 heterocycles. The van der Waals surface area contributed by atoms with Crippen LogP contribution in [0.4, 0.5) is 0 Å². The van der Waals surface area contributed by atoms with E-state index in [0.717, 1.165) is 11.5 Å². The number of rotatable bonds is 2. The van der Waals surface area contributed by atoms with Gasteiger partial charge in [0.25, 0.3) is 0 Å². The summed E-state index contributed by atoms with van der Waals surface area (Å²) in [5.74, 6) is -1.32. The molecule has 1 aromatic rings. The maximum atomic E-state index is 10.2. The zero-order valence-corrected chi connectivity index (χ0v) is 6.47. The molecule has 1 rings (SSSR count). The lowest BCUT2D eigenvalue weighted by Gasteiger charge is -1.87. The van der Waals surface area contributed by atoms with Gasteiger partial charge in [-0.25, -0.2) is 9.78 Å². The lowest BCUT2D eigenvalue weighted by atomic mass is 10.4. The first-order valence-corrected chi connectivity index (χ1v) is 3.51. The second-order valence-corrected chi connectivity index (χ2v) is 2.77. The summed E-state index contributed by atoms with van der Waals surface area (Å²) in [7, 11) is 0. The predicted octanol–water partition coefficient (Wildman–Crippen LogP) is 0.299. The summed E-state index contributed by atoms with van der Waals surface area (Å²) < 4.78 is 3.66. The number of hydrogen-bond donors (Lipinski definition) is 2. The van der Waals surface area contributed by atoms with Gasteiger partial charge in [-0.1, -0.05) is 0 Å². The fraction of sp³-hybridized carbons (Fsp3) is 0.200. The Bertz CT molecular complexity index is 306. The molecule has 0 aliphatic heterocycles. The van der Waals surface area contributed by atoms with Gasteiger partial charge in [-0.2, -0.15) is 4.37 Å². The van der Waals surface area contributed by atoms with Crippen molar-refractivity contribution >= 4 is 23.2 Å². The molecule has 58 valence electrons. The van der Waals surface area contributed by atoms with E-state index < -0.39 is 11.7 Å². The third-order valence-corrected chi connectivity index (χ3v) is 1.58. The highest BCUT2D eigenvalue weighted by Gasteiger charge is 2.13. The molecule has 0 aromatic carbocycles. The van der Waals surface area contributed by atoms with Crippen molar-refractivity contribution in [3.05, 3.63) is 10.8 Å². The second-order valence-electron chi connectivity index (χ2n) is 1.82. The molecular formula is C5H5N3O2S. The highest BCUT2D eigenvalue weighted by molar-refractivity contribution is 7.05. The first-order chi connectivity index (χ1) is 5.11. The van der Waals surface area contributed by atoms with Crippen molar-refractivity contribution in [2.75, 3.05) is 0 Å². The van der Waals surface area contributed by atoms with Crippen LogP contribution in [0.2, 0.25) is 0 Å². The average molecular weight is 171 g/mol. The fourth-order valence-corrected chi connectivity index (χ4v) is 0.974. The molecule has 0 amide bonds. The van der Waals surface area contributed by atoms with Crippen LogP contribution in [0.15, 0.2) is 0 Å². The summed E-state index contributed by atoms with van der Waals surface area (Å²) in [6.45, 7) is 1.70. The minimum Gasteiger partial charge on any atom is -0.476 e. The summed E-state index contributed by atoms with van der Waals surface area (Å²) in [5, 5.41) is 16.0. The molecule has 0 atom stereocenters. The molecule has 6 heteroatoms. The number of nitrogens with zero attached hydrogens (tertiary/aromatic N) is 2. The quantitative estimate of drug-likeness (QED) is 0.626. The molecule has 1 aromatic heterocycles. The minimum absolute atomic E-state index is 0.0139. The summed E-state index contributed by atoms with van der Waals surface area (Å²) in [6.07, 6.45) is 0. The van der Waals surface area contributed by atoms with E-state index in [1.165, 1.54) is 0 Å². The Morgan fingerprint density at radius 2 is 2.36 bits per heavy atom. The van der Waals surface area contributed by atoms with Crippen molar-refractivity contribution in [2.24, 2.45) is 0 Å². The van der Waals surface area contributed by atoms with Gasteiger partial charge in [0.15, 0.2) is 11.5 Å². The Morgan fingerprint density at radius 1 is 1.73 bits per heavy atom. The van der Waals surface area contributed by atoms with Gasteiger partial charge in [-0.3, -0.25) is 5.41 Å². The molecule has 0 aliphatic carbocycles. The highest BCUT2D eigenvalue weighted by atomic mass is 32.1. The van der Waals surface area contributed by atoms with Crippen LogP contribution in [-0.2, 0) is 4.79 Å². The Morgan fingerprint density at radius 3 is 2.73 bits per heavy atom. The average Bonchev–Trinajstić information content (AvgIpc) is 2.34. The summed E-state index contributed by atoms with van der Waals surface area (Å²) in [4.78, 5) is 13.9. The van der Waals surface area contributed by atoms with Crippen molar-refractivity contribution < 1.29 is 9.90 Å². The molecule has 0 unspecified atom stereocenters. The van der Waals surface area contributed by atoms with Gasteiger partial charge < -0.3 is 5.11 Å². The van der Waals surface area contributed by atoms with Crippen molar-refractivity contribution in [2.45, 2.75) is 6.92 Å². The molecule has 2 N–H and O–H groups in total. The number of hydrogen-bond acceptors (Lipinski definition) is 5. The third kappa shape index (κ3) is 1.58. The topological polar surface area (TPSA) is 86.9 Å². The molecule has 0 saturated heterocycles. The van der Waals surface area contributed by atoms with E-state index in [0.29, 0.717) is 5.01 Å². The van der Waals surface area contributed by atoms with Gasteiger partial charge in [-0.15, -0.1) is 0 Å². The van der Waals surface area contributed by atoms with Crippen LogP contribution < -0.4 is 0 Å². The maximum absolute atomic E-state index is 10.2. The number of aryl methyl sites for hydroxylation is 1. The zero-order valence-electron chi connectivity index (χ0n) is 5.66. The van der Waals surface area contributed by atoms with Crippen LogP contribution >= 0.6 is 11.5 Å². The summed E-state index contributed by atoms with van der Waals surface area (Å²) in [5.41, 5.74) is -0.561. The van der Waals surface area contributed by atoms with Crippen molar-refractivity contribution in [1.29, 1.82) is 5.41 Å². The molecule has 0 bridgehead atoms. The van der Waals surface area contributed by atoms with Gasteiger partial charge in [0.2, 0.25) is 0 Å². The maximum Gasteiger partial charge on any atom is 0.357 e. The summed E-state index contributed by atoms with van der Waals surface area (Å²) >= 11 is 1.08. The molecule has 0 spiro atoms. The van der Waals surface area contributed by atoms with E-state index in [-0.39, 0.29) is 5.82 Å². The fourth-order valence-electron chi connectivity index (χ4n) is 0.496. The van der Waals surface area contributed by atoms with E-state index in [1.54, 1.807) is 6.92 Å². The molecule has 0 saturated carbocycles.